The lowest BCUT2D eigenvalue weighted by Gasteiger charge is -2.17. The highest BCUT2D eigenvalue weighted by molar-refractivity contribution is 5.92. The van der Waals surface area contributed by atoms with Crippen molar-refractivity contribution in [2.45, 2.75) is 58.3 Å². The lowest BCUT2D eigenvalue weighted by atomic mass is 10.1. The second-order valence-electron chi connectivity index (χ2n) is 8.43. The molecular formula is C26H27NO6. The molecule has 0 bridgehead atoms. The van der Waals surface area contributed by atoms with Gasteiger partial charge in [0.05, 0.1) is 5.56 Å². The predicted molar refractivity (Wildman–Crippen MR) is 123 cm³/mol. The number of carbonyl (C=O) groups is 2. The van der Waals surface area contributed by atoms with Crippen molar-refractivity contribution in [1.29, 1.82) is 0 Å². The maximum Gasteiger partial charge on any atom is 0.338 e. The number of amides is 1. The topological polar surface area (TPSA) is 94.8 Å². The van der Waals surface area contributed by atoms with Crippen molar-refractivity contribution in [3.05, 3.63) is 75.6 Å². The van der Waals surface area contributed by atoms with Crippen LogP contribution in [0.15, 0.2) is 57.7 Å². The van der Waals surface area contributed by atoms with Crippen molar-refractivity contribution in [2.75, 3.05) is 0 Å². The number of aryl methyl sites for hydroxylation is 1. The van der Waals surface area contributed by atoms with Gasteiger partial charge < -0.3 is 19.2 Å². The van der Waals surface area contributed by atoms with Crippen molar-refractivity contribution in [2.24, 2.45) is 0 Å². The van der Waals surface area contributed by atoms with Crippen LogP contribution >= 0.6 is 0 Å². The Labute approximate surface area is 191 Å². The Morgan fingerprint density at radius 2 is 1.82 bits per heavy atom. The molecule has 1 atom stereocenters. The van der Waals surface area contributed by atoms with E-state index in [4.69, 9.17) is 13.9 Å². The standard InChI is InChI=1S/C26H27NO6/c1-16-13-24(28)33-23-14-21(11-12-22(16)23)31-15-18-7-9-19(10-8-18)26(30)32-17(2)25(29)27-20-5-3-4-6-20/h7-14,17,20H,3-6,15H2,1-2H3,(H,27,29)/t17-/m0/s1. The van der Waals surface area contributed by atoms with Gasteiger partial charge in [-0.15, -0.1) is 0 Å². The lowest BCUT2D eigenvalue weighted by molar-refractivity contribution is -0.129. The van der Waals surface area contributed by atoms with Crippen LogP contribution in [0, 0.1) is 6.92 Å². The van der Waals surface area contributed by atoms with Crippen LogP contribution in [0.3, 0.4) is 0 Å². The summed E-state index contributed by atoms with van der Waals surface area (Å²) >= 11 is 0. The van der Waals surface area contributed by atoms with Crippen molar-refractivity contribution in [3.63, 3.8) is 0 Å². The highest BCUT2D eigenvalue weighted by Gasteiger charge is 2.23. The number of hydrogen-bond acceptors (Lipinski definition) is 6. The minimum absolute atomic E-state index is 0.181. The smallest absolute Gasteiger partial charge is 0.338 e. The summed E-state index contributed by atoms with van der Waals surface area (Å²) in [5, 5.41) is 3.79. The van der Waals surface area contributed by atoms with Crippen LogP contribution in [-0.4, -0.2) is 24.0 Å². The van der Waals surface area contributed by atoms with Gasteiger partial charge in [-0.2, -0.15) is 0 Å². The van der Waals surface area contributed by atoms with E-state index < -0.39 is 17.7 Å². The van der Waals surface area contributed by atoms with E-state index in [1.54, 1.807) is 37.3 Å². The fourth-order valence-corrected chi connectivity index (χ4v) is 3.97. The van der Waals surface area contributed by atoms with Gasteiger partial charge in [-0.3, -0.25) is 4.79 Å². The van der Waals surface area contributed by atoms with Crippen molar-refractivity contribution in [3.8, 4) is 5.75 Å². The number of hydrogen-bond donors (Lipinski definition) is 1. The monoisotopic (exact) mass is 449 g/mol. The summed E-state index contributed by atoms with van der Waals surface area (Å²) in [6.45, 7) is 3.71. The van der Waals surface area contributed by atoms with E-state index in [1.165, 1.54) is 6.07 Å². The second kappa shape index (κ2) is 9.90. The molecule has 0 saturated heterocycles. The first kappa shape index (κ1) is 22.6. The van der Waals surface area contributed by atoms with Crippen LogP contribution in [0.25, 0.3) is 11.0 Å². The fourth-order valence-electron chi connectivity index (χ4n) is 3.97. The molecule has 0 unspecified atom stereocenters. The minimum atomic E-state index is -0.849. The maximum atomic E-state index is 12.4. The van der Waals surface area contributed by atoms with Crippen LogP contribution in [0.1, 0.15) is 54.1 Å². The Hall–Kier alpha value is -3.61. The molecule has 33 heavy (non-hydrogen) atoms. The first-order valence-corrected chi connectivity index (χ1v) is 11.2. The average molecular weight is 450 g/mol. The third kappa shape index (κ3) is 5.61. The molecule has 1 heterocycles. The largest absolute Gasteiger partial charge is 0.489 e. The van der Waals surface area contributed by atoms with Crippen molar-refractivity contribution < 1.29 is 23.5 Å². The first-order valence-electron chi connectivity index (χ1n) is 11.2. The Morgan fingerprint density at radius 3 is 2.55 bits per heavy atom. The summed E-state index contributed by atoms with van der Waals surface area (Å²) in [6.07, 6.45) is 3.34. The van der Waals surface area contributed by atoms with Crippen LogP contribution in [0.5, 0.6) is 5.75 Å². The molecule has 1 aliphatic carbocycles. The Bertz CT molecular complexity index is 1210. The summed E-state index contributed by atoms with van der Waals surface area (Å²) in [7, 11) is 0. The van der Waals surface area contributed by atoms with E-state index in [-0.39, 0.29) is 18.6 Å². The van der Waals surface area contributed by atoms with E-state index in [0.29, 0.717) is 16.9 Å². The van der Waals surface area contributed by atoms with E-state index in [2.05, 4.69) is 5.32 Å². The predicted octanol–water partition coefficient (Wildman–Crippen LogP) is 4.28. The number of fused-ring (bicyclic) bond motifs is 1. The quantitative estimate of drug-likeness (QED) is 0.427. The molecule has 0 aliphatic heterocycles. The van der Waals surface area contributed by atoms with Crippen molar-refractivity contribution in [1.82, 2.24) is 5.32 Å². The molecule has 1 amide bonds. The van der Waals surface area contributed by atoms with Gasteiger partial charge in [-0.1, -0.05) is 25.0 Å². The Balaban J connectivity index is 1.32. The summed E-state index contributed by atoms with van der Waals surface area (Å²) in [4.78, 5) is 36.2. The number of rotatable bonds is 7. The van der Waals surface area contributed by atoms with Gasteiger partial charge in [0.15, 0.2) is 6.10 Å². The normalized spacial score (nSPS) is 14.7. The zero-order valence-electron chi connectivity index (χ0n) is 18.8. The number of carbonyl (C=O) groups excluding carboxylic acids is 2. The van der Waals surface area contributed by atoms with Gasteiger partial charge in [0.25, 0.3) is 5.91 Å². The van der Waals surface area contributed by atoms with Crippen LogP contribution in [-0.2, 0) is 16.1 Å². The zero-order chi connectivity index (χ0) is 23.4. The SMILES string of the molecule is Cc1cc(=O)oc2cc(OCc3ccc(C(=O)O[C@@H](C)C(=O)NC4CCCC4)cc3)ccc12. The summed E-state index contributed by atoms with van der Waals surface area (Å²) in [6, 6.07) is 13.8. The van der Waals surface area contributed by atoms with Gasteiger partial charge in [0, 0.05) is 23.6 Å². The molecule has 0 spiro atoms. The molecule has 1 N–H and O–H groups in total. The fraction of sp³-hybridized carbons (Fsp3) is 0.346. The molecular weight excluding hydrogens is 422 g/mol. The lowest BCUT2D eigenvalue weighted by Crippen LogP contribution is -2.40. The van der Waals surface area contributed by atoms with Gasteiger partial charge in [-0.05, 0) is 62.1 Å². The molecule has 1 saturated carbocycles. The maximum absolute atomic E-state index is 12.4. The number of nitrogens with one attached hydrogen (secondary N) is 1. The summed E-state index contributed by atoms with van der Waals surface area (Å²) in [5.74, 6) is -0.236. The highest BCUT2D eigenvalue weighted by atomic mass is 16.5. The zero-order valence-corrected chi connectivity index (χ0v) is 18.8. The molecule has 7 heteroatoms. The van der Waals surface area contributed by atoms with Gasteiger partial charge >= 0.3 is 11.6 Å². The number of ether oxygens (including phenoxy) is 2. The summed E-state index contributed by atoms with van der Waals surface area (Å²) < 4.78 is 16.4. The van der Waals surface area contributed by atoms with Crippen LogP contribution in [0.2, 0.25) is 0 Å². The van der Waals surface area contributed by atoms with Crippen LogP contribution in [0.4, 0.5) is 0 Å². The van der Waals surface area contributed by atoms with Crippen LogP contribution < -0.4 is 15.7 Å². The Morgan fingerprint density at radius 1 is 1.09 bits per heavy atom. The molecule has 7 nitrogen and oxygen atoms in total. The third-order valence-electron chi connectivity index (χ3n) is 5.87. The minimum Gasteiger partial charge on any atom is -0.489 e. The number of benzene rings is 2. The van der Waals surface area contributed by atoms with Gasteiger partial charge in [-0.25, -0.2) is 9.59 Å². The first-order chi connectivity index (χ1) is 15.9. The average Bonchev–Trinajstić information content (AvgIpc) is 3.30. The molecule has 2 aromatic carbocycles. The molecule has 0 radical (unpaired) electrons. The van der Waals surface area contributed by atoms with E-state index in [9.17, 15) is 14.4 Å². The van der Waals surface area contributed by atoms with Gasteiger partial charge in [0.2, 0.25) is 0 Å². The molecule has 1 aromatic heterocycles. The molecule has 172 valence electrons. The summed E-state index contributed by atoms with van der Waals surface area (Å²) in [5.41, 5.74) is 2.14. The molecule has 1 fully saturated rings. The third-order valence-corrected chi connectivity index (χ3v) is 5.87. The van der Waals surface area contributed by atoms with E-state index >= 15 is 0 Å². The van der Waals surface area contributed by atoms with E-state index in [0.717, 1.165) is 42.2 Å². The van der Waals surface area contributed by atoms with E-state index in [1.807, 2.05) is 19.1 Å². The molecule has 1 aliphatic rings. The number of esters is 1. The molecule has 3 aromatic rings. The highest BCUT2D eigenvalue weighted by Crippen LogP contribution is 2.23. The van der Waals surface area contributed by atoms with Crippen molar-refractivity contribution >= 4 is 22.8 Å². The molecule has 4 rings (SSSR count). The second-order valence-corrected chi connectivity index (χ2v) is 8.43. The Kier molecular flexibility index (Phi) is 6.77. The van der Waals surface area contributed by atoms with Gasteiger partial charge in [0.1, 0.15) is 17.9 Å².